The molecule has 1 aliphatic carbocycles. The summed E-state index contributed by atoms with van der Waals surface area (Å²) in [6, 6.07) is 11.0. The molecule has 162 valence electrons. The van der Waals surface area contributed by atoms with Crippen LogP contribution in [0.4, 0.5) is 5.82 Å². The fourth-order valence-corrected chi connectivity index (χ4v) is 4.96. The Labute approximate surface area is 183 Å². The Morgan fingerprint density at radius 3 is 2.65 bits per heavy atom. The summed E-state index contributed by atoms with van der Waals surface area (Å²) in [5.74, 6) is 0.881. The van der Waals surface area contributed by atoms with Gasteiger partial charge in [-0.3, -0.25) is 9.97 Å². The van der Waals surface area contributed by atoms with E-state index in [0.29, 0.717) is 12.6 Å². The highest BCUT2D eigenvalue weighted by molar-refractivity contribution is 5.88. The van der Waals surface area contributed by atoms with Crippen molar-refractivity contribution in [3.63, 3.8) is 0 Å². The van der Waals surface area contributed by atoms with Crippen molar-refractivity contribution in [1.29, 1.82) is 0 Å². The molecule has 3 aromatic rings. The van der Waals surface area contributed by atoms with Crippen molar-refractivity contribution in [3.05, 3.63) is 48.4 Å². The van der Waals surface area contributed by atoms with Crippen LogP contribution in [-0.4, -0.2) is 51.3 Å². The monoisotopic (exact) mass is 417 g/mol. The van der Waals surface area contributed by atoms with Gasteiger partial charge in [-0.2, -0.15) is 0 Å². The van der Waals surface area contributed by atoms with Crippen LogP contribution in [0.25, 0.3) is 22.2 Å². The van der Waals surface area contributed by atoms with Gasteiger partial charge in [-0.1, -0.05) is 37.5 Å². The first kappa shape index (κ1) is 20.3. The average Bonchev–Trinajstić information content (AvgIpc) is 2.81. The minimum absolute atomic E-state index is 0.155. The zero-order valence-corrected chi connectivity index (χ0v) is 18.2. The maximum atomic E-state index is 11.0. The lowest BCUT2D eigenvalue weighted by Gasteiger charge is -2.40. The second kappa shape index (κ2) is 8.89. The van der Waals surface area contributed by atoms with E-state index in [1.165, 1.54) is 32.1 Å². The number of benzene rings is 1. The van der Waals surface area contributed by atoms with Gasteiger partial charge in [-0.05, 0) is 38.3 Å². The number of aryl methyl sites for hydroxylation is 1. The molecule has 6 heteroatoms. The molecule has 0 unspecified atom stereocenters. The highest BCUT2D eigenvalue weighted by atomic mass is 16.3. The molecule has 3 heterocycles. The van der Waals surface area contributed by atoms with Crippen LogP contribution in [0.15, 0.2) is 42.7 Å². The quantitative estimate of drug-likeness (QED) is 0.671. The number of aliphatic hydroxyl groups excluding tert-OH is 1. The lowest BCUT2D eigenvalue weighted by Crippen LogP contribution is -2.55. The molecule has 2 aliphatic rings. The molecule has 2 aromatic heterocycles. The number of fused-ring (bicyclic) bond motifs is 1. The molecular formula is C25H31N5O. The van der Waals surface area contributed by atoms with Gasteiger partial charge in [0.2, 0.25) is 0 Å². The third kappa shape index (κ3) is 4.41. The van der Waals surface area contributed by atoms with Crippen molar-refractivity contribution < 1.29 is 5.11 Å². The van der Waals surface area contributed by atoms with E-state index in [9.17, 15) is 5.11 Å². The van der Waals surface area contributed by atoms with Crippen molar-refractivity contribution in [3.8, 4) is 11.3 Å². The molecule has 0 bridgehead atoms. The molecule has 1 aliphatic heterocycles. The van der Waals surface area contributed by atoms with Gasteiger partial charge in [-0.15, -0.1) is 0 Å². The summed E-state index contributed by atoms with van der Waals surface area (Å²) in [5, 5.41) is 15.8. The van der Waals surface area contributed by atoms with Crippen molar-refractivity contribution >= 4 is 16.7 Å². The minimum Gasteiger partial charge on any atom is -0.390 e. The summed E-state index contributed by atoms with van der Waals surface area (Å²) in [6.07, 6.45) is 10.5. The van der Waals surface area contributed by atoms with Crippen LogP contribution in [-0.2, 0) is 0 Å². The van der Waals surface area contributed by atoms with Gasteiger partial charge in [-0.25, -0.2) is 4.98 Å². The van der Waals surface area contributed by atoms with E-state index < -0.39 is 6.10 Å². The second-order valence-electron chi connectivity index (χ2n) is 9.01. The number of pyridine rings is 1. The number of nitrogens with one attached hydrogen (secondary N) is 1. The summed E-state index contributed by atoms with van der Waals surface area (Å²) >= 11 is 0. The predicted octanol–water partition coefficient (Wildman–Crippen LogP) is 3.86. The number of anilines is 1. The Morgan fingerprint density at radius 2 is 1.87 bits per heavy atom. The number of β-amino-alcohol motifs (C(OH)–C–C–N with tert-alkyl or cyclic N) is 1. The lowest BCUT2D eigenvalue weighted by molar-refractivity contribution is 0.103. The van der Waals surface area contributed by atoms with E-state index in [2.05, 4.69) is 32.3 Å². The van der Waals surface area contributed by atoms with E-state index in [1.807, 2.05) is 31.3 Å². The first-order valence-corrected chi connectivity index (χ1v) is 11.6. The maximum Gasteiger partial charge on any atom is 0.138 e. The third-order valence-corrected chi connectivity index (χ3v) is 6.70. The molecule has 1 saturated heterocycles. The number of nitrogens with zero attached hydrogens (tertiary/aromatic N) is 4. The molecule has 1 aromatic carbocycles. The zero-order valence-electron chi connectivity index (χ0n) is 18.2. The number of aliphatic hydroxyl groups is 1. The van der Waals surface area contributed by atoms with Gasteiger partial charge in [0.1, 0.15) is 5.82 Å². The molecule has 0 spiro atoms. The number of piperidine rings is 1. The van der Waals surface area contributed by atoms with Gasteiger partial charge in [0.25, 0.3) is 0 Å². The number of hydrogen-bond acceptors (Lipinski definition) is 6. The average molecular weight is 418 g/mol. The number of rotatable bonds is 4. The summed E-state index contributed by atoms with van der Waals surface area (Å²) in [5.41, 5.74) is 3.63. The smallest absolute Gasteiger partial charge is 0.138 e. The molecule has 2 N–H and O–H groups in total. The van der Waals surface area contributed by atoms with Crippen LogP contribution in [0.5, 0.6) is 0 Å². The molecule has 2 atom stereocenters. The van der Waals surface area contributed by atoms with Crippen LogP contribution in [0, 0.1) is 6.92 Å². The van der Waals surface area contributed by atoms with E-state index in [0.717, 1.165) is 46.6 Å². The highest BCUT2D eigenvalue weighted by Gasteiger charge is 2.31. The fourth-order valence-electron chi connectivity index (χ4n) is 4.96. The van der Waals surface area contributed by atoms with E-state index in [4.69, 9.17) is 4.98 Å². The summed E-state index contributed by atoms with van der Waals surface area (Å²) in [4.78, 5) is 16.3. The molecule has 6 nitrogen and oxygen atoms in total. The van der Waals surface area contributed by atoms with Gasteiger partial charge < -0.3 is 15.3 Å². The molecular weight excluding hydrogens is 386 g/mol. The molecule has 31 heavy (non-hydrogen) atoms. The van der Waals surface area contributed by atoms with Crippen LogP contribution in [0.1, 0.15) is 44.2 Å². The molecule has 5 rings (SSSR count). The molecule has 0 radical (unpaired) electrons. The van der Waals surface area contributed by atoms with Crippen LogP contribution in [0.3, 0.4) is 0 Å². The third-order valence-electron chi connectivity index (χ3n) is 6.70. The van der Waals surface area contributed by atoms with Gasteiger partial charge in [0.05, 0.1) is 29.2 Å². The normalized spacial score (nSPS) is 22.7. The topological polar surface area (TPSA) is 74.2 Å². The second-order valence-corrected chi connectivity index (χ2v) is 9.01. The summed E-state index contributed by atoms with van der Waals surface area (Å²) in [6.45, 7) is 3.37. The van der Waals surface area contributed by atoms with Gasteiger partial charge in [0, 0.05) is 42.3 Å². The van der Waals surface area contributed by atoms with Crippen molar-refractivity contribution in [2.75, 3.05) is 18.0 Å². The zero-order chi connectivity index (χ0) is 21.2. The van der Waals surface area contributed by atoms with Crippen molar-refractivity contribution in [1.82, 2.24) is 20.3 Å². The van der Waals surface area contributed by atoms with Gasteiger partial charge in [0.15, 0.2) is 0 Å². The Hall–Kier alpha value is -2.57. The van der Waals surface area contributed by atoms with E-state index >= 15 is 0 Å². The Balaban J connectivity index is 1.42. The van der Waals surface area contributed by atoms with Crippen molar-refractivity contribution in [2.45, 2.75) is 63.6 Å². The summed E-state index contributed by atoms with van der Waals surface area (Å²) < 4.78 is 0. The van der Waals surface area contributed by atoms with E-state index in [-0.39, 0.29) is 6.04 Å². The van der Waals surface area contributed by atoms with Crippen LogP contribution in [0.2, 0.25) is 0 Å². The molecule has 1 saturated carbocycles. The van der Waals surface area contributed by atoms with Crippen molar-refractivity contribution in [2.24, 2.45) is 0 Å². The predicted molar refractivity (Wildman–Crippen MR) is 124 cm³/mol. The standard InChI is InChI=1S/C25H31N5O/c1-17-14-27-23(15-26-17)20-13-18-7-5-6-10-21(18)29-25(20)30-12-11-22(24(31)16-30)28-19-8-3-2-4-9-19/h5-7,10,13-15,19,22,24,28,31H,2-4,8-9,11-12,16H2,1H3/t22-,24+/m0/s1. The number of hydrogen-bond donors (Lipinski definition) is 2. The largest absolute Gasteiger partial charge is 0.390 e. The highest BCUT2D eigenvalue weighted by Crippen LogP contribution is 2.33. The molecule has 2 fully saturated rings. The lowest BCUT2D eigenvalue weighted by atomic mass is 9.92. The van der Waals surface area contributed by atoms with Crippen LogP contribution >= 0.6 is 0 Å². The minimum atomic E-state index is -0.416. The SMILES string of the molecule is Cc1cnc(-c2cc3ccccc3nc2N2CC[C@H](NC3CCCCC3)[C@H](O)C2)cn1. The Morgan fingerprint density at radius 1 is 1.03 bits per heavy atom. The summed E-state index contributed by atoms with van der Waals surface area (Å²) in [7, 11) is 0. The van der Waals surface area contributed by atoms with E-state index in [1.54, 1.807) is 6.20 Å². The van der Waals surface area contributed by atoms with Gasteiger partial charge >= 0.3 is 0 Å². The number of aromatic nitrogens is 3. The Kier molecular flexibility index (Phi) is 5.83. The Bertz CT molecular complexity index is 1030. The first-order valence-electron chi connectivity index (χ1n) is 11.6. The maximum absolute atomic E-state index is 11.0. The molecule has 0 amide bonds. The number of para-hydroxylation sites is 1. The van der Waals surface area contributed by atoms with Crippen LogP contribution < -0.4 is 10.2 Å². The fraction of sp³-hybridized carbons (Fsp3) is 0.480. The first-order chi connectivity index (χ1) is 15.2.